The Bertz CT molecular complexity index is 511. The second kappa shape index (κ2) is 5.51. The van der Waals surface area contributed by atoms with E-state index in [0.717, 1.165) is 22.8 Å². The maximum absolute atomic E-state index is 8.98. The van der Waals surface area contributed by atoms with Crippen molar-refractivity contribution in [2.24, 2.45) is 0 Å². The summed E-state index contributed by atoms with van der Waals surface area (Å²) in [5.41, 5.74) is 1.80. The fourth-order valence-corrected chi connectivity index (χ4v) is 1.66. The zero-order chi connectivity index (χ0) is 13.0. The van der Waals surface area contributed by atoms with Crippen molar-refractivity contribution >= 4 is 11.5 Å². The molecule has 0 spiro atoms. The fraction of sp³-hybridized carbons (Fsp3) is 0.214. The number of nitrogens with zero attached hydrogens (tertiary/aromatic N) is 2. The minimum Gasteiger partial charge on any atom is -0.497 e. The molecule has 0 bridgehead atoms. The molecular formula is C14H16N2O2. The van der Waals surface area contributed by atoms with Gasteiger partial charge in [0.2, 0.25) is 0 Å². The molecule has 0 amide bonds. The second-order valence-corrected chi connectivity index (χ2v) is 3.94. The number of ether oxygens (including phenoxy) is 1. The van der Waals surface area contributed by atoms with E-state index in [9.17, 15) is 0 Å². The molecule has 4 nitrogen and oxygen atoms in total. The van der Waals surface area contributed by atoms with Crippen LogP contribution in [0, 0.1) is 0 Å². The molecule has 0 aliphatic rings. The Hall–Kier alpha value is -2.07. The summed E-state index contributed by atoms with van der Waals surface area (Å²) in [5, 5.41) is 8.98. The fourth-order valence-electron chi connectivity index (χ4n) is 1.66. The van der Waals surface area contributed by atoms with Crippen LogP contribution < -0.4 is 9.64 Å². The Balaban J connectivity index is 2.25. The molecule has 1 N–H and O–H groups in total. The van der Waals surface area contributed by atoms with E-state index in [0.29, 0.717) is 0 Å². The van der Waals surface area contributed by atoms with Crippen molar-refractivity contribution in [2.75, 3.05) is 19.1 Å². The van der Waals surface area contributed by atoms with E-state index in [1.165, 1.54) is 0 Å². The van der Waals surface area contributed by atoms with Crippen molar-refractivity contribution in [3.05, 3.63) is 48.2 Å². The predicted octanol–water partition coefficient (Wildman–Crippen LogP) is 2.35. The Labute approximate surface area is 106 Å². The van der Waals surface area contributed by atoms with Crippen LogP contribution in [-0.2, 0) is 6.61 Å². The van der Waals surface area contributed by atoms with E-state index < -0.39 is 0 Å². The molecular weight excluding hydrogens is 228 g/mol. The van der Waals surface area contributed by atoms with E-state index in [2.05, 4.69) is 4.98 Å². The largest absolute Gasteiger partial charge is 0.497 e. The summed E-state index contributed by atoms with van der Waals surface area (Å²) in [6, 6.07) is 11.5. The SMILES string of the molecule is COc1cccc(N(C)c2ccc(CO)cn2)c1. The van der Waals surface area contributed by atoms with Crippen LogP contribution in [0.4, 0.5) is 11.5 Å². The topological polar surface area (TPSA) is 45.6 Å². The highest BCUT2D eigenvalue weighted by Gasteiger charge is 2.06. The van der Waals surface area contributed by atoms with E-state index in [1.807, 2.05) is 48.3 Å². The van der Waals surface area contributed by atoms with E-state index >= 15 is 0 Å². The van der Waals surface area contributed by atoms with Crippen LogP contribution in [0.25, 0.3) is 0 Å². The number of aliphatic hydroxyl groups is 1. The zero-order valence-corrected chi connectivity index (χ0v) is 10.5. The third-order valence-corrected chi connectivity index (χ3v) is 2.78. The van der Waals surface area contributed by atoms with E-state index in [1.54, 1.807) is 13.3 Å². The third kappa shape index (κ3) is 2.60. The molecule has 1 aromatic heterocycles. The van der Waals surface area contributed by atoms with Crippen LogP contribution in [0.1, 0.15) is 5.56 Å². The van der Waals surface area contributed by atoms with Gasteiger partial charge in [0.05, 0.1) is 13.7 Å². The molecule has 2 aromatic rings. The summed E-state index contributed by atoms with van der Waals surface area (Å²) in [4.78, 5) is 6.27. The van der Waals surface area contributed by atoms with Crippen LogP contribution in [0.15, 0.2) is 42.6 Å². The molecule has 94 valence electrons. The normalized spacial score (nSPS) is 10.2. The number of aliphatic hydroxyl groups excluding tert-OH is 1. The number of rotatable bonds is 4. The Kier molecular flexibility index (Phi) is 3.79. The van der Waals surface area contributed by atoms with Crippen molar-refractivity contribution < 1.29 is 9.84 Å². The van der Waals surface area contributed by atoms with Crippen LogP contribution >= 0.6 is 0 Å². The van der Waals surface area contributed by atoms with E-state index in [-0.39, 0.29) is 6.61 Å². The summed E-state index contributed by atoms with van der Waals surface area (Å²) in [5.74, 6) is 1.63. The van der Waals surface area contributed by atoms with Gasteiger partial charge in [0, 0.05) is 25.0 Å². The lowest BCUT2D eigenvalue weighted by Gasteiger charge is -2.19. The van der Waals surface area contributed by atoms with E-state index in [4.69, 9.17) is 9.84 Å². The van der Waals surface area contributed by atoms with Crippen molar-refractivity contribution in [3.8, 4) is 5.75 Å². The average molecular weight is 244 g/mol. The molecule has 0 fully saturated rings. The molecule has 0 saturated heterocycles. The van der Waals surface area contributed by atoms with Crippen molar-refractivity contribution in [2.45, 2.75) is 6.61 Å². The van der Waals surface area contributed by atoms with Gasteiger partial charge in [-0.3, -0.25) is 0 Å². The van der Waals surface area contributed by atoms with Crippen molar-refractivity contribution in [1.82, 2.24) is 4.98 Å². The summed E-state index contributed by atoms with van der Waals surface area (Å²) >= 11 is 0. The van der Waals surface area contributed by atoms with Gasteiger partial charge < -0.3 is 14.7 Å². The maximum atomic E-state index is 8.98. The smallest absolute Gasteiger partial charge is 0.132 e. The Morgan fingerprint density at radius 2 is 2.11 bits per heavy atom. The van der Waals surface area contributed by atoms with Crippen LogP contribution in [0.5, 0.6) is 5.75 Å². The molecule has 0 saturated carbocycles. The summed E-state index contributed by atoms with van der Waals surface area (Å²) in [7, 11) is 3.59. The minimum atomic E-state index is 0.0101. The molecule has 0 unspecified atom stereocenters. The maximum Gasteiger partial charge on any atom is 0.132 e. The summed E-state index contributed by atoms with van der Waals surface area (Å²) < 4.78 is 5.20. The van der Waals surface area contributed by atoms with Crippen LogP contribution in [0.2, 0.25) is 0 Å². The number of hydrogen-bond acceptors (Lipinski definition) is 4. The molecule has 0 aliphatic heterocycles. The zero-order valence-electron chi connectivity index (χ0n) is 10.5. The van der Waals surface area contributed by atoms with Crippen LogP contribution in [-0.4, -0.2) is 24.2 Å². The number of anilines is 2. The van der Waals surface area contributed by atoms with Gasteiger partial charge in [-0.1, -0.05) is 12.1 Å². The Morgan fingerprint density at radius 1 is 1.28 bits per heavy atom. The van der Waals surface area contributed by atoms with Gasteiger partial charge in [0.25, 0.3) is 0 Å². The first-order chi connectivity index (χ1) is 8.74. The van der Waals surface area contributed by atoms with Crippen molar-refractivity contribution in [3.63, 3.8) is 0 Å². The molecule has 0 aliphatic carbocycles. The molecule has 18 heavy (non-hydrogen) atoms. The first kappa shape index (κ1) is 12.4. The summed E-state index contributed by atoms with van der Waals surface area (Å²) in [6.45, 7) is 0.0101. The second-order valence-electron chi connectivity index (χ2n) is 3.94. The van der Waals surface area contributed by atoms with Gasteiger partial charge in [0.15, 0.2) is 0 Å². The Morgan fingerprint density at radius 3 is 2.72 bits per heavy atom. The molecule has 0 radical (unpaired) electrons. The standard InChI is InChI=1S/C14H16N2O2/c1-16(12-4-3-5-13(8-12)18-2)14-7-6-11(10-17)9-15-14/h3-9,17H,10H2,1-2H3. The van der Waals surface area contributed by atoms with Crippen LogP contribution in [0.3, 0.4) is 0 Å². The average Bonchev–Trinajstić information content (AvgIpc) is 2.46. The highest BCUT2D eigenvalue weighted by Crippen LogP contribution is 2.25. The third-order valence-electron chi connectivity index (χ3n) is 2.78. The lowest BCUT2D eigenvalue weighted by atomic mass is 10.2. The lowest BCUT2D eigenvalue weighted by Crippen LogP contribution is -2.11. The van der Waals surface area contributed by atoms with Crippen molar-refractivity contribution in [1.29, 1.82) is 0 Å². The molecule has 1 heterocycles. The monoisotopic (exact) mass is 244 g/mol. The molecule has 2 rings (SSSR count). The van der Waals surface area contributed by atoms with Gasteiger partial charge in [-0.25, -0.2) is 4.98 Å². The quantitative estimate of drug-likeness (QED) is 0.896. The predicted molar refractivity (Wildman–Crippen MR) is 71.2 cm³/mol. The highest BCUT2D eigenvalue weighted by atomic mass is 16.5. The van der Waals surface area contributed by atoms with Gasteiger partial charge in [-0.2, -0.15) is 0 Å². The first-order valence-electron chi connectivity index (χ1n) is 5.68. The summed E-state index contributed by atoms with van der Waals surface area (Å²) in [6.07, 6.45) is 1.67. The van der Waals surface area contributed by atoms with Gasteiger partial charge in [0.1, 0.15) is 11.6 Å². The molecule has 0 atom stereocenters. The number of hydrogen-bond donors (Lipinski definition) is 1. The highest BCUT2D eigenvalue weighted by molar-refractivity contribution is 5.60. The number of pyridine rings is 1. The molecule has 1 aromatic carbocycles. The van der Waals surface area contributed by atoms with Gasteiger partial charge >= 0.3 is 0 Å². The number of methoxy groups -OCH3 is 1. The van der Waals surface area contributed by atoms with Gasteiger partial charge in [-0.15, -0.1) is 0 Å². The number of aromatic nitrogens is 1. The minimum absolute atomic E-state index is 0.0101. The van der Waals surface area contributed by atoms with Gasteiger partial charge in [-0.05, 0) is 23.8 Å². The lowest BCUT2D eigenvalue weighted by molar-refractivity contribution is 0.281. The molecule has 4 heteroatoms. The first-order valence-corrected chi connectivity index (χ1v) is 5.68. The number of benzene rings is 1.